The van der Waals surface area contributed by atoms with Gasteiger partial charge in [0.15, 0.2) is 0 Å². The molecule has 1 aromatic carbocycles. The third-order valence-electron chi connectivity index (χ3n) is 2.38. The lowest BCUT2D eigenvalue weighted by Gasteiger charge is -2.11. The fourth-order valence-corrected chi connectivity index (χ4v) is 1.83. The van der Waals surface area contributed by atoms with E-state index in [0.29, 0.717) is 0 Å². The molecule has 0 saturated heterocycles. The van der Waals surface area contributed by atoms with Gasteiger partial charge in [-0.15, -0.1) is 0 Å². The normalized spacial score (nSPS) is 11.2. The summed E-state index contributed by atoms with van der Waals surface area (Å²) in [5.74, 6) is -3.56. The minimum absolute atomic E-state index is 0.0636. The SMILES string of the molecule is CCOC(=O)/C(=C\N(C)C)C(=O)c1cc(F)c(Br)cc1F. The summed E-state index contributed by atoms with van der Waals surface area (Å²) in [7, 11) is 3.18. The van der Waals surface area contributed by atoms with E-state index in [1.54, 1.807) is 21.0 Å². The number of esters is 1. The van der Waals surface area contributed by atoms with Gasteiger partial charge in [-0.3, -0.25) is 4.79 Å². The van der Waals surface area contributed by atoms with E-state index >= 15 is 0 Å². The third-order valence-corrected chi connectivity index (χ3v) is 2.99. The summed E-state index contributed by atoms with van der Waals surface area (Å²) in [5.41, 5.74) is -0.903. The molecule has 21 heavy (non-hydrogen) atoms. The van der Waals surface area contributed by atoms with Crippen LogP contribution in [0.15, 0.2) is 28.4 Å². The molecule has 7 heteroatoms. The average Bonchev–Trinajstić information content (AvgIpc) is 2.39. The van der Waals surface area contributed by atoms with Crippen LogP contribution in [0.2, 0.25) is 0 Å². The highest BCUT2D eigenvalue weighted by atomic mass is 79.9. The molecule has 0 aliphatic heterocycles. The monoisotopic (exact) mass is 361 g/mol. The van der Waals surface area contributed by atoms with Crippen LogP contribution in [0.5, 0.6) is 0 Å². The zero-order valence-electron chi connectivity index (χ0n) is 11.7. The Morgan fingerprint density at radius 2 is 1.90 bits per heavy atom. The molecule has 0 heterocycles. The zero-order valence-corrected chi connectivity index (χ0v) is 13.3. The molecule has 0 aromatic heterocycles. The van der Waals surface area contributed by atoms with Crippen LogP contribution in [-0.2, 0) is 9.53 Å². The van der Waals surface area contributed by atoms with E-state index in [9.17, 15) is 18.4 Å². The number of nitrogens with zero attached hydrogens (tertiary/aromatic N) is 1. The van der Waals surface area contributed by atoms with Gasteiger partial charge < -0.3 is 9.64 Å². The maximum Gasteiger partial charge on any atom is 0.343 e. The number of carbonyl (C=O) groups is 2. The number of benzene rings is 1. The van der Waals surface area contributed by atoms with Gasteiger partial charge in [0.05, 0.1) is 16.6 Å². The highest BCUT2D eigenvalue weighted by Gasteiger charge is 2.25. The molecule has 0 fully saturated rings. The Morgan fingerprint density at radius 1 is 1.29 bits per heavy atom. The summed E-state index contributed by atoms with van der Waals surface area (Å²) in [6.07, 6.45) is 1.21. The molecule has 0 aliphatic rings. The van der Waals surface area contributed by atoms with Crippen LogP contribution in [0.4, 0.5) is 8.78 Å². The number of ketones is 1. The fraction of sp³-hybridized carbons (Fsp3) is 0.286. The lowest BCUT2D eigenvalue weighted by molar-refractivity contribution is -0.138. The predicted octanol–water partition coefficient (Wildman–Crippen LogP) is 2.92. The lowest BCUT2D eigenvalue weighted by Crippen LogP contribution is -2.20. The van der Waals surface area contributed by atoms with E-state index in [0.717, 1.165) is 12.1 Å². The van der Waals surface area contributed by atoms with E-state index in [1.807, 2.05) is 0 Å². The molecular weight excluding hydrogens is 348 g/mol. The summed E-state index contributed by atoms with van der Waals surface area (Å²) in [5, 5.41) is 0. The van der Waals surface area contributed by atoms with Crippen molar-refractivity contribution in [3.63, 3.8) is 0 Å². The van der Waals surface area contributed by atoms with Gasteiger partial charge >= 0.3 is 5.97 Å². The maximum absolute atomic E-state index is 13.8. The number of rotatable bonds is 5. The van der Waals surface area contributed by atoms with Crippen LogP contribution in [0.25, 0.3) is 0 Å². The first-order chi connectivity index (χ1) is 9.77. The van der Waals surface area contributed by atoms with Gasteiger partial charge in [-0.05, 0) is 35.0 Å². The second-order valence-electron chi connectivity index (χ2n) is 4.30. The average molecular weight is 362 g/mol. The molecule has 0 spiro atoms. The first-order valence-corrected chi connectivity index (χ1v) is 6.81. The zero-order chi connectivity index (χ0) is 16.2. The van der Waals surface area contributed by atoms with Crippen LogP contribution in [0.1, 0.15) is 17.3 Å². The van der Waals surface area contributed by atoms with Crippen molar-refractivity contribution in [1.29, 1.82) is 0 Å². The van der Waals surface area contributed by atoms with E-state index in [2.05, 4.69) is 15.9 Å². The van der Waals surface area contributed by atoms with Gasteiger partial charge in [-0.25, -0.2) is 13.6 Å². The van der Waals surface area contributed by atoms with E-state index in [1.165, 1.54) is 11.1 Å². The Morgan fingerprint density at radius 3 is 2.43 bits per heavy atom. The summed E-state index contributed by atoms with van der Waals surface area (Å²) in [6.45, 7) is 1.64. The van der Waals surface area contributed by atoms with Crippen molar-refractivity contribution in [2.75, 3.05) is 20.7 Å². The molecular formula is C14H14BrF2NO3. The molecule has 114 valence electrons. The molecule has 1 aromatic rings. The van der Waals surface area contributed by atoms with Crippen LogP contribution in [0, 0.1) is 11.6 Å². The Kier molecular flexibility index (Phi) is 6.02. The number of ether oxygens (including phenoxy) is 1. The highest BCUT2D eigenvalue weighted by Crippen LogP contribution is 2.22. The summed E-state index contributed by atoms with van der Waals surface area (Å²) >= 11 is 2.82. The number of Topliss-reactive ketones (excluding diaryl/α,β-unsaturated/α-hetero) is 1. The summed E-state index contributed by atoms with van der Waals surface area (Å²) in [4.78, 5) is 25.5. The Labute approximate surface area is 129 Å². The Hall–Kier alpha value is -1.76. The smallest absolute Gasteiger partial charge is 0.343 e. The van der Waals surface area contributed by atoms with Gasteiger partial charge in [-0.1, -0.05) is 0 Å². The highest BCUT2D eigenvalue weighted by molar-refractivity contribution is 9.10. The standard InChI is InChI=1S/C14H14BrF2NO3/c1-4-21-14(20)9(7-18(2)3)13(19)8-5-12(17)10(15)6-11(8)16/h5-7H,4H2,1-3H3/b9-7-. The van der Waals surface area contributed by atoms with E-state index in [-0.39, 0.29) is 16.7 Å². The molecule has 4 nitrogen and oxygen atoms in total. The molecule has 0 saturated carbocycles. The van der Waals surface area contributed by atoms with Crippen molar-refractivity contribution >= 4 is 27.7 Å². The number of carbonyl (C=O) groups excluding carboxylic acids is 2. The van der Waals surface area contributed by atoms with E-state index in [4.69, 9.17) is 4.74 Å². The van der Waals surface area contributed by atoms with Crippen molar-refractivity contribution in [1.82, 2.24) is 4.90 Å². The fourth-order valence-electron chi connectivity index (χ4n) is 1.51. The topological polar surface area (TPSA) is 46.6 Å². The second kappa shape index (κ2) is 7.31. The minimum atomic E-state index is -0.939. The molecule has 1 rings (SSSR count). The Balaban J connectivity index is 3.30. The second-order valence-corrected chi connectivity index (χ2v) is 5.16. The first kappa shape index (κ1) is 17.3. The van der Waals surface area contributed by atoms with Gasteiger partial charge in [-0.2, -0.15) is 0 Å². The van der Waals surface area contributed by atoms with Crippen LogP contribution in [-0.4, -0.2) is 37.4 Å². The minimum Gasteiger partial charge on any atom is -0.462 e. The van der Waals surface area contributed by atoms with Crippen LogP contribution in [0.3, 0.4) is 0 Å². The Bertz CT molecular complexity index is 600. The number of hydrogen-bond donors (Lipinski definition) is 0. The van der Waals surface area contributed by atoms with Gasteiger partial charge in [0.2, 0.25) is 5.78 Å². The summed E-state index contributed by atoms with van der Waals surface area (Å²) < 4.78 is 32.0. The quantitative estimate of drug-likeness (QED) is 0.202. The number of halogens is 3. The van der Waals surface area contributed by atoms with Crippen molar-refractivity contribution < 1.29 is 23.1 Å². The van der Waals surface area contributed by atoms with E-state index < -0.39 is 29.0 Å². The molecule has 0 amide bonds. The molecule has 0 unspecified atom stereocenters. The number of hydrogen-bond acceptors (Lipinski definition) is 4. The predicted molar refractivity (Wildman–Crippen MR) is 76.8 cm³/mol. The largest absolute Gasteiger partial charge is 0.462 e. The molecule has 0 radical (unpaired) electrons. The maximum atomic E-state index is 13.8. The van der Waals surface area contributed by atoms with Crippen LogP contribution >= 0.6 is 15.9 Å². The summed E-state index contributed by atoms with van der Waals surface area (Å²) in [6, 6.07) is 1.57. The van der Waals surface area contributed by atoms with Gasteiger partial charge in [0.25, 0.3) is 0 Å². The van der Waals surface area contributed by atoms with Crippen molar-refractivity contribution in [2.24, 2.45) is 0 Å². The molecule has 0 aliphatic carbocycles. The molecule has 0 N–H and O–H groups in total. The lowest BCUT2D eigenvalue weighted by atomic mass is 10.0. The van der Waals surface area contributed by atoms with Gasteiger partial charge in [0.1, 0.15) is 17.2 Å². The molecule has 0 atom stereocenters. The van der Waals surface area contributed by atoms with Crippen molar-refractivity contribution in [3.8, 4) is 0 Å². The first-order valence-electron chi connectivity index (χ1n) is 6.02. The third kappa shape index (κ3) is 4.35. The van der Waals surface area contributed by atoms with Crippen LogP contribution < -0.4 is 0 Å². The molecule has 0 bridgehead atoms. The van der Waals surface area contributed by atoms with Crippen molar-refractivity contribution in [3.05, 3.63) is 45.6 Å². The van der Waals surface area contributed by atoms with Crippen molar-refractivity contribution in [2.45, 2.75) is 6.92 Å². The van der Waals surface area contributed by atoms with Gasteiger partial charge in [0, 0.05) is 20.3 Å².